The second kappa shape index (κ2) is 7.98. The van der Waals surface area contributed by atoms with Crippen LogP contribution in [-0.2, 0) is 19.9 Å². The van der Waals surface area contributed by atoms with Crippen LogP contribution in [0.1, 0.15) is 66.4 Å². The molecule has 0 radical (unpaired) electrons. The summed E-state index contributed by atoms with van der Waals surface area (Å²) < 4.78 is 5.61. The van der Waals surface area contributed by atoms with E-state index >= 15 is 0 Å². The molecule has 1 aromatic rings. The summed E-state index contributed by atoms with van der Waals surface area (Å²) >= 11 is 6.78. The lowest BCUT2D eigenvalue weighted by Crippen LogP contribution is -2.63. The first kappa shape index (κ1) is 24.0. The smallest absolute Gasteiger partial charge is 0.232 e. The molecule has 180 valence electrons. The fourth-order valence-corrected chi connectivity index (χ4v) is 6.13. The number of anilines is 1. The summed E-state index contributed by atoms with van der Waals surface area (Å²) in [7, 11) is 0. The van der Waals surface area contributed by atoms with Crippen molar-refractivity contribution in [2.75, 3.05) is 11.9 Å². The molecule has 8 heteroatoms. The van der Waals surface area contributed by atoms with Crippen molar-refractivity contribution >= 4 is 35.1 Å². The number of rotatable bonds is 4. The van der Waals surface area contributed by atoms with E-state index in [0.29, 0.717) is 35.7 Å². The zero-order valence-corrected chi connectivity index (χ0v) is 21.1. The Kier molecular flexibility index (Phi) is 5.81. The number of halogens is 1. The summed E-state index contributed by atoms with van der Waals surface area (Å²) in [6.45, 7) is 12.9. The quantitative estimate of drug-likeness (QED) is 0.598. The standard InChI is InChI=1S/C25H35ClN4O3/c1-14-12-15(10-11-33-14)30-18(31)13-25(6,29-22(30)27)16-8-7-9-17(19(16)26)28-21(32)20-23(2,3)24(20,4)5/h7-9,14-15,20H,10-13H2,1-6H3,(H2,27,29)(H,28,32)/t14-,15-,25+/m1/s1. The molecule has 2 saturated heterocycles. The maximum absolute atomic E-state index is 13.2. The van der Waals surface area contributed by atoms with Crippen molar-refractivity contribution in [3.63, 3.8) is 0 Å². The molecule has 3 N–H and O–H groups in total. The average molecular weight is 475 g/mol. The van der Waals surface area contributed by atoms with Gasteiger partial charge in [-0.3, -0.25) is 19.9 Å². The third kappa shape index (κ3) is 3.93. The third-order valence-electron chi connectivity index (χ3n) is 8.37. The van der Waals surface area contributed by atoms with Crippen molar-refractivity contribution < 1.29 is 14.3 Å². The Balaban J connectivity index is 1.54. The predicted octanol–water partition coefficient (Wildman–Crippen LogP) is 4.50. The molecule has 0 bridgehead atoms. The number of hydrogen-bond acceptors (Lipinski definition) is 4. The van der Waals surface area contributed by atoms with E-state index in [4.69, 9.17) is 21.7 Å². The van der Waals surface area contributed by atoms with E-state index in [9.17, 15) is 9.59 Å². The molecule has 3 atom stereocenters. The molecule has 1 aliphatic carbocycles. The molecule has 2 heterocycles. The van der Waals surface area contributed by atoms with E-state index < -0.39 is 5.54 Å². The van der Waals surface area contributed by atoms with Gasteiger partial charge in [0.05, 0.1) is 28.8 Å². The van der Waals surface area contributed by atoms with E-state index in [1.54, 1.807) is 11.0 Å². The van der Waals surface area contributed by atoms with Gasteiger partial charge in [-0.2, -0.15) is 0 Å². The molecule has 3 fully saturated rings. The van der Waals surface area contributed by atoms with Gasteiger partial charge in [-0.25, -0.2) is 0 Å². The van der Waals surface area contributed by atoms with Gasteiger partial charge < -0.3 is 15.4 Å². The minimum Gasteiger partial charge on any atom is -0.378 e. The number of carbonyl (C=O) groups excluding carboxylic acids is 2. The monoisotopic (exact) mass is 474 g/mol. The van der Waals surface area contributed by atoms with Crippen LogP contribution >= 0.6 is 11.6 Å². The van der Waals surface area contributed by atoms with Gasteiger partial charge in [0.1, 0.15) is 0 Å². The molecular formula is C25H35ClN4O3. The topological polar surface area (TPSA) is 94.5 Å². The van der Waals surface area contributed by atoms with Crippen LogP contribution in [-0.4, -0.2) is 41.4 Å². The van der Waals surface area contributed by atoms with Crippen molar-refractivity contribution in [1.29, 1.82) is 5.41 Å². The van der Waals surface area contributed by atoms with Crippen LogP contribution in [0, 0.1) is 22.2 Å². The summed E-state index contributed by atoms with van der Waals surface area (Å²) in [5, 5.41) is 15.2. The number of amides is 2. The summed E-state index contributed by atoms with van der Waals surface area (Å²) in [6, 6.07) is 5.41. The molecule has 0 spiro atoms. The van der Waals surface area contributed by atoms with Crippen LogP contribution in [0.25, 0.3) is 0 Å². The maximum atomic E-state index is 13.2. The minimum atomic E-state index is -0.850. The molecule has 7 nitrogen and oxygen atoms in total. The zero-order chi connectivity index (χ0) is 24.3. The Labute approximate surface area is 201 Å². The third-order valence-corrected chi connectivity index (χ3v) is 8.77. The van der Waals surface area contributed by atoms with Crippen LogP contribution < -0.4 is 10.6 Å². The summed E-state index contributed by atoms with van der Waals surface area (Å²) in [5.41, 5.74) is 0.210. The first-order valence-corrected chi connectivity index (χ1v) is 12.1. The largest absolute Gasteiger partial charge is 0.378 e. The molecule has 1 aromatic carbocycles. The highest BCUT2D eigenvalue weighted by molar-refractivity contribution is 6.34. The van der Waals surface area contributed by atoms with Crippen LogP contribution in [0.5, 0.6) is 0 Å². The Morgan fingerprint density at radius 2 is 1.91 bits per heavy atom. The number of nitrogens with one attached hydrogen (secondary N) is 3. The first-order valence-electron chi connectivity index (χ1n) is 11.7. The van der Waals surface area contributed by atoms with Crippen molar-refractivity contribution in [1.82, 2.24) is 10.2 Å². The van der Waals surface area contributed by atoms with Gasteiger partial charge in [-0.1, -0.05) is 51.4 Å². The number of ether oxygens (including phenoxy) is 1. The average Bonchev–Trinajstić information content (AvgIpc) is 3.11. The van der Waals surface area contributed by atoms with Gasteiger partial charge in [-0.05, 0) is 49.1 Å². The second-order valence-corrected chi connectivity index (χ2v) is 11.5. The van der Waals surface area contributed by atoms with E-state index in [1.807, 2.05) is 26.0 Å². The van der Waals surface area contributed by atoms with Crippen LogP contribution in [0.2, 0.25) is 5.02 Å². The number of guanidine groups is 1. The predicted molar refractivity (Wildman–Crippen MR) is 129 cm³/mol. The molecule has 3 aliphatic rings. The zero-order valence-electron chi connectivity index (χ0n) is 20.3. The number of carbonyl (C=O) groups is 2. The van der Waals surface area contributed by atoms with E-state index in [2.05, 4.69) is 38.3 Å². The van der Waals surface area contributed by atoms with Gasteiger partial charge in [0.25, 0.3) is 0 Å². The number of benzene rings is 1. The SMILES string of the molecule is C[C@@H]1C[C@H](N2C(=N)N[C@](C)(c3cccc(NC(=O)C4C(C)(C)C4(C)C)c3Cl)CC2=O)CCO1. The molecule has 1 saturated carbocycles. The normalized spacial score (nSPS) is 31.2. The highest BCUT2D eigenvalue weighted by atomic mass is 35.5. The molecule has 4 rings (SSSR count). The van der Waals surface area contributed by atoms with Gasteiger partial charge in [0, 0.05) is 18.6 Å². The first-order chi connectivity index (χ1) is 15.3. The lowest BCUT2D eigenvalue weighted by Gasteiger charge is -2.45. The van der Waals surface area contributed by atoms with Crippen LogP contribution in [0.15, 0.2) is 18.2 Å². The van der Waals surface area contributed by atoms with Gasteiger partial charge >= 0.3 is 0 Å². The highest BCUT2D eigenvalue weighted by Gasteiger charge is 2.68. The lowest BCUT2D eigenvalue weighted by molar-refractivity contribution is -0.134. The molecule has 2 amide bonds. The van der Waals surface area contributed by atoms with E-state index in [1.165, 1.54) is 0 Å². The number of nitrogens with zero attached hydrogens (tertiary/aromatic N) is 1. The van der Waals surface area contributed by atoms with Gasteiger partial charge in [0.15, 0.2) is 5.96 Å². The Hall–Kier alpha value is -2.12. The fraction of sp³-hybridized carbons (Fsp3) is 0.640. The van der Waals surface area contributed by atoms with Gasteiger partial charge in [-0.15, -0.1) is 0 Å². The summed E-state index contributed by atoms with van der Waals surface area (Å²) in [4.78, 5) is 27.8. The van der Waals surface area contributed by atoms with Crippen LogP contribution in [0.3, 0.4) is 0 Å². The summed E-state index contributed by atoms with van der Waals surface area (Å²) in [6.07, 6.45) is 1.66. The van der Waals surface area contributed by atoms with Crippen molar-refractivity contribution in [2.24, 2.45) is 16.7 Å². The number of hydrogen-bond donors (Lipinski definition) is 3. The second-order valence-electron chi connectivity index (χ2n) is 11.1. The Bertz CT molecular complexity index is 973. The van der Waals surface area contributed by atoms with E-state index in [-0.39, 0.29) is 53.1 Å². The highest BCUT2D eigenvalue weighted by Crippen LogP contribution is 2.68. The molecular weight excluding hydrogens is 440 g/mol. The van der Waals surface area contributed by atoms with Gasteiger partial charge in [0.2, 0.25) is 11.8 Å². The summed E-state index contributed by atoms with van der Waals surface area (Å²) in [5.74, 6) is -0.167. The lowest BCUT2D eigenvalue weighted by atomic mass is 9.85. The van der Waals surface area contributed by atoms with E-state index in [0.717, 1.165) is 0 Å². The van der Waals surface area contributed by atoms with Crippen molar-refractivity contribution in [3.8, 4) is 0 Å². The van der Waals surface area contributed by atoms with Crippen molar-refractivity contribution in [2.45, 2.75) is 78.5 Å². The molecule has 2 aliphatic heterocycles. The Morgan fingerprint density at radius 3 is 2.48 bits per heavy atom. The molecule has 0 unspecified atom stereocenters. The fourth-order valence-electron chi connectivity index (χ4n) is 5.75. The molecule has 33 heavy (non-hydrogen) atoms. The Morgan fingerprint density at radius 1 is 1.24 bits per heavy atom. The maximum Gasteiger partial charge on any atom is 0.232 e. The van der Waals surface area contributed by atoms with Crippen molar-refractivity contribution in [3.05, 3.63) is 28.8 Å². The van der Waals surface area contributed by atoms with Crippen LogP contribution in [0.4, 0.5) is 5.69 Å². The minimum absolute atomic E-state index is 0.0443. The molecule has 0 aromatic heterocycles.